The number of hydrogen-bond acceptors (Lipinski definition) is 5. The molecule has 0 spiro atoms. The number of nitro benzene ring substituents is 1. The molecular weight excluding hydrogens is 374 g/mol. The minimum absolute atomic E-state index is 0. The van der Waals surface area contributed by atoms with Crippen molar-refractivity contribution < 1.29 is 15.2 Å². The summed E-state index contributed by atoms with van der Waals surface area (Å²) in [5.74, 6) is -0.450. The molecule has 0 aliphatic rings. The van der Waals surface area contributed by atoms with Gasteiger partial charge in [-0.2, -0.15) is 10.2 Å². The zero-order valence-corrected chi connectivity index (χ0v) is 16.0. The van der Waals surface area contributed by atoms with Crippen molar-refractivity contribution in [3.05, 3.63) is 81.5 Å². The predicted octanol–water partition coefficient (Wildman–Crippen LogP) is 2.88. The van der Waals surface area contributed by atoms with Gasteiger partial charge in [-0.05, 0) is 25.0 Å². The van der Waals surface area contributed by atoms with E-state index in [4.69, 9.17) is 0 Å². The molecule has 0 bridgehead atoms. The van der Waals surface area contributed by atoms with Crippen LogP contribution in [0.15, 0.2) is 59.7 Å². The average molecular weight is 395 g/mol. The molecule has 0 atom stereocenters. The summed E-state index contributed by atoms with van der Waals surface area (Å²) in [5, 5.41) is 21.8. The van der Waals surface area contributed by atoms with Crippen molar-refractivity contribution in [2.24, 2.45) is 5.10 Å². The van der Waals surface area contributed by atoms with Crippen LogP contribution in [0, 0.1) is 10.1 Å². The Hall–Kier alpha value is -3.85. The minimum atomic E-state index is -0.478. The second kappa shape index (κ2) is 9.38. The molecular formula is C20H21N5O4. The Labute approximate surface area is 166 Å². The third kappa shape index (κ3) is 5.11. The molecule has 3 rings (SSSR count). The van der Waals surface area contributed by atoms with Gasteiger partial charge in [-0.1, -0.05) is 43.3 Å². The van der Waals surface area contributed by atoms with Crippen molar-refractivity contribution in [2.45, 2.75) is 20.3 Å². The third-order valence-electron chi connectivity index (χ3n) is 4.28. The number of hydrogen-bond donors (Lipinski definition) is 2. The predicted molar refractivity (Wildman–Crippen MR) is 110 cm³/mol. The van der Waals surface area contributed by atoms with E-state index in [1.807, 2.05) is 24.3 Å². The van der Waals surface area contributed by atoms with Gasteiger partial charge in [-0.25, -0.2) is 5.43 Å². The molecule has 0 radical (unpaired) electrons. The van der Waals surface area contributed by atoms with E-state index >= 15 is 0 Å². The van der Waals surface area contributed by atoms with Gasteiger partial charge in [0.15, 0.2) is 0 Å². The van der Waals surface area contributed by atoms with E-state index in [-0.39, 0.29) is 16.9 Å². The Kier molecular flexibility index (Phi) is 6.94. The molecule has 0 aliphatic heterocycles. The molecule has 3 aromatic rings. The highest BCUT2D eigenvalue weighted by Crippen LogP contribution is 2.19. The Morgan fingerprint density at radius 1 is 1.21 bits per heavy atom. The zero-order valence-electron chi connectivity index (χ0n) is 16.0. The fraction of sp³-hybridized carbons (Fsp3) is 0.150. The summed E-state index contributed by atoms with van der Waals surface area (Å²) in [6, 6.07) is 15.7. The van der Waals surface area contributed by atoms with Gasteiger partial charge in [0.1, 0.15) is 5.69 Å². The SMILES string of the molecule is CCc1ccc(-c2cc(C(=O)N/N=C(\C)c3cccc([N+](=O)[O-])c3)[nH]n2)cc1.O. The molecule has 0 unspecified atom stereocenters. The molecule has 150 valence electrons. The first kappa shape index (κ1) is 21.5. The number of rotatable bonds is 6. The van der Waals surface area contributed by atoms with Gasteiger partial charge in [-0.3, -0.25) is 20.0 Å². The lowest BCUT2D eigenvalue weighted by atomic mass is 10.1. The number of hydrazone groups is 1. The smallest absolute Gasteiger partial charge is 0.289 e. The fourth-order valence-corrected chi connectivity index (χ4v) is 2.60. The number of benzene rings is 2. The highest BCUT2D eigenvalue weighted by atomic mass is 16.6. The lowest BCUT2D eigenvalue weighted by Crippen LogP contribution is -2.19. The molecule has 9 heteroatoms. The standard InChI is InChI=1S/C20H19N5O3.H2O/c1-3-14-7-9-15(10-8-14)18-12-19(23-22-18)20(26)24-21-13(2)16-5-4-6-17(11-16)25(27)28;/h4-12H,3H2,1-2H3,(H,22,23)(H,24,26);1H2/b21-13+;. The number of non-ortho nitro benzene ring substituents is 1. The van der Waals surface area contributed by atoms with Crippen LogP contribution in [0.2, 0.25) is 0 Å². The van der Waals surface area contributed by atoms with Crippen LogP contribution in [0.3, 0.4) is 0 Å². The van der Waals surface area contributed by atoms with Crippen molar-refractivity contribution in [2.75, 3.05) is 0 Å². The van der Waals surface area contributed by atoms with E-state index in [1.165, 1.54) is 17.7 Å². The molecule has 9 nitrogen and oxygen atoms in total. The number of carbonyl (C=O) groups is 1. The first-order chi connectivity index (χ1) is 13.5. The Bertz CT molecular complexity index is 1040. The van der Waals surface area contributed by atoms with Gasteiger partial charge in [0.25, 0.3) is 11.6 Å². The van der Waals surface area contributed by atoms with Crippen molar-refractivity contribution in [1.29, 1.82) is 0 Å². The molecule has 0 fully saturated rings. The molecule has 1 heterocycles. The topological polar surface area (TPSA) is 145 Å². The van der Waals surface area contributed by atoms with E-state index in [0.717, 1.165) is 12.0 Å². The number of amides is 1. The van der Waals surface area contributed by atoms with Crippen LogP contribution in [-0.4, -0.2) is 32.2 Å². The van der Waals surface area contributed by atoms with E-state index in [1.54, 1.807) is 25.1 Å². The Morgan fingerprint density at radius 3 is 2.59 bits per heavy atom. The summed E-state index contributed by atoms with van der Waals surface area (Å²) in [6.07, 6.45) is 0.955. The number of nitrogens with one attached hydrogen (secondary N) is 2. The average Bonchev–Trinajstić information content (AvgIpc) is 3.22. The summed E-state index contributed by atoms with van der Waals surface area (Å²) >= 11 is 0. The van der Waals surface area contributed by atoms with E-state index in [2.05, 4.69) is 27.6 Å². The van der Waals surface area contributed by atoms with E-state index in [9.17, 15) is 14.9 Å². The maximum atomic E-state index is 12.3. The summed E-state index contributed by atoms with van der Waals surface area (Å²) < 4.78 is 0. The quantitative estimate of drug-likeness (QED) is 0.375. The lowest BCUT2D eigenvalue weighted by Gasteiger charge is -2.02. The molecule has 0 aliphatic carbocycles. The second-order valence-electron chi connectivity index (χ2n) is 6.16. The van der Waals surface area contributed by atoms with Gasteiger partial charge >= 0.3 is 0 Å². The summed E-state index contributed by atoms with van der Waals surface area (Å²) in [5.41, 5.74) is 6.46. The van der Waals surface area contributed by atoms with Crippen LogP contribution >= 0.6 is 0 Å². The van der Waals surface area contributed by atoms with Crippen LogP contribution < -0.4 is 5.43 Å². The normalized spacial score (nSPS) is 10.9. The van der Waals surface area contributed by atoms with Crippen LogP contribution in [0.4, 0.5) is 5.69 Å². The van der Waals surface area contributed by atoms with Crippen molar-refractivity contribution >= 4 is 17.3 Å². The van der Waals surface area contributed by atoms with Crippen LogP contribution in [0.5, 0.6) is 0 Å². The molecule has 1 aromatic heterocycles. The van der Waals surface area contributed by atoms with E-state index < -0.39 is 10.8 Å². The number of aromatic amines is 1. The second-order valence-corrected chi connectivity index (χ2v) is 6.16. The van der Waals surface area contributed by atoms with Gasteiger partial charge < -0.3 is 5.48 Å². The summed E-state index contributed by atoms with van der Waals surface area (Å²) in [7, 11) is 0. The van der Waals surface area contributed by atoms with Crippen LogP contribution in [-0.2, 0) is 6.42 Å². The third-order valence-corrected chi connectivity index (χ3v) is 4.28. The largest absolute Gasteiger partial charge is 0.412 e. The Balaban J connectivity index is 0.00000300. The van der Waals surface area contributed by atoms with Gasteiger partial charge in [0.05, 0.1) is 16.3 Å². The van der Waals surface area contributed by atoms with Crippen molar-refractivity contribution in [3.63, 3.8) is 0 Å². The van der Waals surface area contributed by atoms with Crippen molar-refractivity contribution in [1.82, 2.24) is 15.6 Å². The summed E-state index contributed by atoms with van der Waals surface area (Å²) in [4.78, 5) is 22.7. The molecule has 2 aromatic carbocycles. The monoisotopic (exact) mass is 395 g/mol. The summed E-state index contributed by atoms with van der Waals surface area (Å²) in [6.45, 7) is 3.75. The number of nitrogens with zero attached hydrogens (tertiary/aromatic N) is 3. The van der Waals surface area contributed by atoms with Gasteiger partial charge in [-0.15, -0.1) is 0 Å². The zero-order chi connectivity index (χ0) is 20.1. The van der Waals surface area contributed by atoms with E-state index in [0.29, 0.717) is 17.0 Å². The lowest BCUT2D eigenvalue weighted by molar-refractivity contribution is -0.384. The highest BCUT2D eigenvalue weighted by molar-refractivity contribution is 6.01. The van der Waals surface area contributed by atoms with Gasteiger partial charge in [0.2, 0.25) is 0 Å². The number of aryl methyl sites for hydroxylation is 1. The number of aromatic nitrogens is 2. The molecule has 0 saturated heterocycles. The van der Waals surface area contributed by atoms with Crippen molar-refractivity contribution in [3.8, 4) is 11.3 Å². The Morgan fingerprint density at radius 2 is 1.93 bits per heavy atom. The maximum absolute atomic E-state index is 12.3. The van der Waals surface area contributed by atoms with Crippen LogP contribution in [0.1, 0.15) is 35.5 Å². The molecule has 1 amide bonds. The number of carbonyl (C=O) groups excluding carboxylic acids is 1. The maximum Gasteiger partial charge on any atom is 0.289 e. The number of nitro groups is 1. The number of H-pyrrole nitrogens is 1. The van der Waals surface area contributed by atoms with Gasteiger partial charge in [0, 0.05) is 23.3 Å². The molecule has 0 saturated carbocycles. The molecule has 29 heavy (non-hydrogen) atoms. The fourth-order valence-electron chi connectivity index (χ4n) is 2.60. The first-order valence-corrected chi connectivity index (χ1v) is 8.72. The van der Waals surface area contributed by atoms with Crippen LogP contribution in [0.25, 0.3) is 11.3 Å². The molecule has 4 N–H and O–H groups in total. The first-order valence-electron chi connectivity index (χ1n) is 8.72. The minimum Gasteiger partial charge on any atom is -0.412 e. The highest BCUT2D eigenvalue weighted by Gasteiger charge is 2.12.